The summed E-state index contributed by atoms with van der Waals surface area (Å²) in [6, 6.07) is 6.43. The van der Waals surface area contributed by atoms with Crippen molar-refractivity contribution in [1.29, 1.82) is 0 Å². The number of esters is 1. The molecule has 0 spiro atoms. The fourth-order valence-electron chi connectivity index (χ4n) is 3.60. The smallest absolute Gasteiger partial charge is 0.308 e. The summed E-state index contributed by atoms with van der Waals surface area (Å²) < 4.78 is 10.7. The van der Waals surface area contributed by atoms with Gasteiger partial charge in [0.15, 0.2) is 11.5 Å². The van der Waals surface area contributed by atoms with Gasteiger partial charge in [-0.05, 0) is 36.5 Å². The van der Waals surface area contributed by atoms with Crippen LogP contribution in [0.4, 0.5) is 0 Å². The van der Waals surface area contributed by atoms with Crippen LogP contribution in [0.3, 0.4) is 0 Å². The van der Waals surface area contributed by atoms with Crippen molar-refractivity contribution in [3.63, 3.8) is 0 Å². The van der Waals surface area contributed by atoms with Gasteiger partial charge >= 0.3 is 5.97 Å². The number of methoxy groups -OCH3 is 1. The molecule has 1 saturated carbocycles. The average Bonchev–Trinajstić information content (AvgIpc) is 2.51. The maximum absolute atomic E-state index is 11.2. The maximum atomic E-state index is 11.2. The van der Waals surface area contributed by atoms with Crippen LogP contribution in [0.2, 0.25) is 0 Å². The maximum Gasteiger partial charge on any atom is 0.308 e. The number of hydrogen-bond acceptors (Lipinski definition) is 5. The first-order valence-electron chi connectivity index (χ1n) is 8.50. The Morgan fingerprint density at radius 2 is 2.00 bits per heavy atom. The third kappa shape index (κ3) is 3.67. The van der Waals surface area contributed by atoms with E-state index in [2.05, 4.69) is 16.3 Å². The van der Waals surface area contributed by atoms with Crippen LogP contribution in [0.15, 0.2) is 18.2 Å². The molecule has 1 heterocycles. The van der Waals surface area contributed by atoms with E-state index in [4.69, 9.17) is 9.47 Å². The number of ether oxygens (including phenoxy) is 2. The second kappa shape index (κ2) is 7.32. The Morgan fingerprint density at radius 3 is 2.57 bits per heavy atom. The summed E-state index contributed by atoms with van der Waals surface area (Å²) in [5, 5.41) is 3.43. The lowest BCUT2D eigenvalue weighted by molar-refractivity contribution is -0.132. The number of rotatable bonds is 5. The molecule has 1 aliphatic carbocycles. The monoisotopic (exact) mass is 318 g/mol. The van der Waals surface area contributed by atoms with E-state index in [0.29, 0.717) is 17.5 Å². The zero-order valence-electron chi connectivity index (χ0n) is 14.0. The summed E-state index contributed by atoms with van der Waals surface area (Å²) in [4.78, 5) is 13.8. The molecule has 1 aliphatic heterocycles. The van der Waals surface area contributed by atoms with Crippen LogP contribution in [-0.2, 0) is 4.79 Å². The van der Waals surface area contributed by atoms with Crippen LogP contribution in [0, 0.1) is 5.92 Å². The Labute approximate surface area is 137 Å². The quantitative estimate of drug-likeness (QED) is 0.667. The van der Waals surface area contributed by atoms with E-state index in [0.717, 1.165) is 32.1 Å². The van der Waals surface area contributed by atoms with Gasteiger partial charge in [0.25, 0.3) is 0 Å². The molecule has 0 radical (unpaired) electrons. The van der Waals surface area contributed by atoms with Gasteiger partial charge in [-0.3, -0.25) is 9.69 Å². The molecule has 5 heteroatoms. The molecule has 1 aromatic rings. The van der Waals surface area contributed by atoms with E-state index in [-0.39, 0.29) is 5.97 Å². The lowest BCUT2D eigenvalue weighted by atomic mass is 9.76. The van der Waals surface area contributed by atoms with Crippen molar-refractivity contribution >= 4 is 5.97 Å². The van der Waals surface area contributed by atoms with Gasteiger partial charge in [-0.25, -0.2) is 0 Å². The van der Waals surface area contributed by atoms with Gasteiger partial charge in [0, 0.05) is 39.1 Å². The zero-order valence-corrected chi connectivity index (χ0v) is 14.0. The van der Waals surface area contributed by atoms with Gasteiger partial charge in [0.1, 0.15) is 0 Å². The average molecular weight is 318 g/mol. The largest absolute Gasteiger partial charge is 0.493 e. The number of nitrogens with one attached hydrogen (secondary N) is 1. The summed E-state index contributed by atoms with van der Waals surface area (Å²) in [5.74, 6) is 1.53. The molecule has 1 aromatic carbocycles. The molecule has 2 aliphatic rings. The first-order chi connectivity index (χ1) is 11.2. The summed E-state index contributed by atoms with van der Waals surface area (Å²) >= 11 is 0. The van der Waals surface area contributed by atoms with E-state index >= 15 is 0 Å². The molecule has 0 unspecified atom stereocenters. The predicted molar refractivity (Wildman–Crippen MR) is 88.8 cm³/mol. The first-order valence-corrected chi connectivity index (χ1v) is 8.50. The molecule has 0 aromatic heterocycles. The van der Waals surface area contributed by atoms with Crippen molar-refractivity contribution in [2.75, 3.05) is 33.3 Å². The molecule has 1 saturated heterocycles. The van der Waals surface area contributed by atoms with Crippen molar-refractivity contribution in [1.82, 2.24) is 10.2 Å². The number of benzene rings is 1. The summed E-state index contributed by atoms with van der Waals surface area (Å²) in [7, 11) is 1.62. The second-order valence-corrected chi connectivity index (χ2v) is 6.43. The Bertz CT molecular complexity index is 551. The Kier molecular flexibility index (Phi) is 5.18. The fraction of sp³-hybridized carbons (Fsp3) is 0.611. The first kappa shape index (κ1) is 16.3. The minimum absolute atomic E-state index is 0.325. The molecule has 2 fully saturated rings. The highest BCUT2D eigenvalue weighted by molar-refractivity contribution is 5.70. The lowest BCUT2D eigenvalue weighted by Gasteiger charge is -2.43. The molecule has 0 bridgehead atoms. The van der Waals surface area contributed by atoms with Gasteiger partial charge in [-0.15, -0.1) is 0 Å². The minimum atomic E-state index is -0.325. The standard InChI is InChI=1S/C18H26N2O3/c1-13(21)23-16-7-6-15(12-17(16)22-2)18(14-4-3-5-14)20-10-8-19-9-11-20/h6-7,12,14,18-19H,3-5,8-11H2,1-2H3/t18-/m0/s1. The second-order valence-electron chi connectivity index (χ2n) is 6.43. The van der Waals surface area contributed by atoms with Crippen LogP contribution in [-0.4, -0.2) is 44.2 Å². The van der Waals surface area contributed by atoms with Crippen molar-refractivity contribution in [2.24, 2.45) is 5.92 Å². The normalized spacial score (nSPS) is 20.6. The molecular weight excluding hydrogens is 292 g/mol. The van der Waals surface area contributed by atoms with Crippen LogP contribution in [0.25, 0.3) is 0 Å². The van der Waals surface area contributed by atoms with Crippen LogP contribution in [0.1, 0.15) is 37.8 Å². The van der Waals surface area contributed by atoms with Crippen LogP contribution in [0.5, 0.6) is 11.5 Å². The van der Waals surface area contributed by atoms with Crippen molar-refractivity contribution in [3.8, 4) is 11.5 Å². The highest BCUT2D eigenvalue weighted by Crippen LogP contribution is 2.43. The third-order valence-corrected chi connectivity index (χ3v) is 4.92. The zero-order chi connectivity index (χ0) is 16.2. The van der Waals surface area contributed by atoms with E-state index < -0.39 is 0 Å². The van der Waals surface area contributed by atoms with Crippen LogP contribution < -0.4 is 14.8 Å². The van der Waals surface area contributed by atoms with Crippen molar-refractivity contribution in [2.45, 2.75) is 32.2 Å². The number of carbonyl (C=O) groups excluding carboxylic acids is 1. The Balaban J connectivity index is 1.87. The SMILES string of the molecule is COc1cc([C@H](C2CCC2)N2CCNCC2)ccc1OC(C)=O. The fourth-order valence-corrected chi connectivity index (χ4v) is 3.60. The number of hydrogen-bond donors (Lipinski definition) is 1. The summed E-state index contributed by atoms with van der Waals surface area (Å²) in [5.41, 5.74) is 1.27. The van der Waals surface area contributed by atoms with E-state index in [9.17, 15) is 4.79 Å². The van der Waals surface area contributed by atoms with Gasteiger partial charge < -0.3 is 14.8 Å². The van der Waals surface area contributed by atoms with Gasteiger partial charge in [0.05, 0.1) is 7.11 Å². The molecule has 1 atom stereocenters. The Hall–Kier alpha value is -1.59. The highest BCUT2D eigenvalue weighted by Gasteiger charge is 2.34. The third-order valence-electron chi connectivity index (χ3n) is 4.92. The van der Waals surface area contributed by atoms with Gasteiger partial charge in [-0.2, -0.15) is 0 Å². The lowest BCUT2D eigenvalue weighted by Crippen LogP contribution is -2.47. The van der Waals surface area contributed by atoms with Gasteiger partial charge in [-0.1, -0.05) is 12.5 Å². The number of nitrogens with zero attached hydrogens (tertiary/aromatic N) is 1. The van der Waals surface area contributed by atoms with Crippen LogP contribution >= 0.6 is 0 Å². The molecule has 23 heavy (non-hydrogen) atoms. The number of piperazine rings is 1. The topological polar surface area (TPSA) is 50.8 Å². The van der Waals surface area contributed by atoms with Crippen molar-refractivity contribution < 1.29 is 14.3 Å². The molecule has 1 N–H and O–H groups in total. The van der Waals surface area contributed by atoms with E-state index in [1.54, 1.807) is 7.11 Å². The predicted octanol–water partition coefficient (Wildman–Crippen LogP) is 2.37. The van der Waals surface area contributed by atoms with E-state index in [1.807, 2.05) is 12.1 Å². The molecule has 5 nitrogen and oxygen atoms in total. The van der Waals surface area contributed by atoms with E-state index in [1.165, 1.54) is 31.7 Å². The molecule has 126 valence electrons. The summed E-state index contributed by atoms with van der Waals surface area (Å²) in [6.07, 6.45) is 3.92. The molecule has 0 amide bonds. The highest BCUT2D eigenvalue weighted by atomic mass is 16.6. The summed E-state index contributed by atoms with van der Waals surface area (Å²) in [6.45, 7) is 5.66. The minimum Gasteiger partial charge on any atom is -0.493 e. The molecule has 3 rings (SSSR count). The van der Waals surface area contributed by atoms with Gasteiger partial charge in [0.2, 0.25) is 0 Å². The Morgan fingerprint density at radius 1 is 1.26 bits per heavy atom. The molecular formula is C18H26N2O3. The van der Waals surface area contributed by atoms with Crippen molar-refractivity contribution in [3.05, 3.63) is 23.8 Å². The number of carbonyl (C=O) groups is 1.